The van der Waals surface area contributed by atoms with Gasteiger partial charge in [-0.25, -0.2) is 0 Å². The molecular weight excluding hydrogens is 361 g/mol. The Bertz CT molecular complexity index is 831. The van der Waals surface area contributed by atoms with Crippen molar-refractivity contribution in [2.45, 2.75) is 6.18 Å². The van der Waals surface area contributed by atoms with E-state index in [9.17, 15) is 18.3 Å². The van der Waals surface area contributed by atoms with Crippen molar-refractivity contribution in [1.29, 1.82) is 0 Å². The van der Waals surface area contributed by atoms with Crippen LogP contribution in [0.5, 0.6) is 11.5 Å². The van der Waals surface area contributed by atoms with Crippen LogP contribution in [0.25, 0.3) is 0 Å². The average molecular weight is 380 g/mol. The van der Waals surface area contributed by atoms with E-state index in [1.807, 2.05) is 4.90 Å². The van der Waals surface area contributed by atoms with Gasteiger partial charge in [0.1, 0.15) is 11.5 Å². The molecule has 0 saturated carbocycles. The second kappa shape index (κ2) is 7.87. The van der Waals surface area contributed by atoms with Crippen molar-refractivity contribution >= 4 is 17.6 Å². The number of rotatable bonds is 4. The smallest absolute Gasteiger partial charge is 0.418 e. The number of nitrogens with zero attached hydrogens (tertiary/aromatic N) is 2. The number of aliphatic imine (C=N–C) groups is 1. The maximum atomic E-state index is 13.5. The quantitative estimate of drug-likeness (QED) is 0.815. The fourth-order valence-electron chi connectivity index (χ4n) is 2.78. The Labute approximate surface area is 154 Å². The topological polar surface area (TPSA) is 54.3 Å². The number of phenolic OH excluding ortho intramolecular Hbond substituents is 1. The van der Waals surface area contributed by atoms with Crippen LogP contribution in [0.3, 0.4) is 0 Å². The molecule has 1 N–H and O–H groups in total. The van der Waals surface area contributed by atoms with Crippen molar-refractivity contribution in [3.63, 3.8) is 0 Å². The highest BCUT2D eigenvalue weighted by molar-refractivity contribution is 5.86. The number of morpholine rings is 1. The summed E-state index contributed by atoms with van der Waals surface area (Å²) in [5, 5.41) is 9.86. The second-order valence-corrected chi connectivity index (χ2v) is 5.98. The molecule has 3 rings (SSSR count). The lowest BCUT2D eigenvalue weighted by molar-refractivity contribution is -0.137. The molecule has 0 amide bonds. The summed E-state index contributed by atoms with van der Waals surface area (Å²) in [6.07, 6.45) is -3.36. The van der Waals surface area contributed by atoms with Crippen LogP contribution < -0.4 is 9.64 Å². The molecule has 0 aromatic heterocycles. The van der Waals surface area contributed by atoms with Gasteiger partial charge in [0, 0.05) is 30.6 Å². The number of anilines is 1. The minimum atomic E-state index is -4.55. The van der Waals surface area contributed by atoms with Crippen LogP contribution in [0.4, 0.5) is 24.5 Å². The minimum absolute atomic E-state index is 0.0990. The van der Waals surface area contributed by atoms with Crippen LogP contribution in [0.1, 0.15) is 11.1 Å². The van der Waals surface area contributed by atoms with Crippen LogP contribution in [-0.4, -0.2) is 44.7 Å². The van der Waals surface area contributed by atoms with E-state index in [0.717, 1.165) is 6.07 Å². The standard InChI is InChI=1S/C19H19F3N2O3/c1-26-15-3-5-18(25)13(10-15)12-23-17-4-2-14(11-16(17)19(20,21)22)24-6-8-27-9-7-24/h2-5,10-12,25H,6-9H2,1H3. The van der Waals surface area contributed by atoms with Gasteiger partial charge in [0.05, 0.1) is 31.6 Å². The van der Waals surface area contributed by atoms with Gasteiger partial charge in [0.15, 0.2) is 0 Å². The largest absolute Gasteiger partial charge is 0.507 e. The van der Waals surface area contributed by atoms with Gasteiger partial charge in [-0.1, -0.05) is 0 Å². The summed E-state index contributed by atoms with van der Waals surface area (Å²) in [7, 11) is 1.46. The van der Waals surface area contributed by atoms with Gasteiger partial charge < -0.3 is 19.5 Å². The summed E-state index contributed by atoms with van der Waals surface area (Å²) in [5.74, 6) is 0.367. The van der Waals surface area contributed by atoms with E-state index in [1.165, 1.54) is 31.5 Å². The van der Waals surface area contributed by atoms with E-state index < -0.39 is 11.7 Å². The molecule has 27 heavy (non-hydrogen) atoms. The Hall–Kier alpha value is -2.74. The highest BCUT2D eigenvalue weighted by Gasteiger charge is 2.34. The third-order valence-electron chi connectivity index (χ3n) is 4.24. The molecular formula is C19H19F3N2O3. The maximum absolute atomic E-state index is 13.5. The van der Waals surface area contributed by atoms with Gasteiger partial charge in [-0.3, -0.25) is 4.99 Å². The van der Waals surface area contributed by atoms with Crippen LogP contribution in [-0.2, 0) is 10.9 Å². The first kappa shape index (κ1) is 19.0. The zero-order valence-corrected chi connectivity index (χ0v) is 14.7. The van der Waals surface area contributed by atoms with Gasteiger partial charge in [0.25, 0.3) is 0 Å². The lowest BCUT2D eigenvalue weighted by Crippen LogP contribution is -2.36. The van der Waals surface area contributed by atoms with E-state index >= 15 is 0 Å². The summed E-state index contributed by atoms with van der Waals surface area (Å²) in [5.41, 5.74) is -0.305. The summed E-state index contributed by atoms with van der Waals surface area (Å²) in [4.78, 5) is 5.81. The highest BCUT2D eigenvalue weighted by Crippen LogP contribution is 2.39. The minimum Gasteiger partial charge on any atom is -0.507 e. The van der Waals surface area contributed by atoms with E-state index in [-0.39, 0.29) is 17.0 Å². The summed E-state index contributed by atoms with van der Waals surface area (Å²) < 4.78 is 50.9. The van der Waals surface area contributed by atoms with E-state index in [2.05, 4.69) is 4.99 Å². The van der Waals surface area contributed by atoms with Crippen molar-refractivity contribution in [1.82, 2.24) is 0 Å². The monoisotopic (exact) mass is 380 g/mol. The summed E-state index contributed by atoms with van der Waals surface area (Å²) in [6, 6.07) is 8.48. The lowest BCUT2D eigenvalue weighted by Gasteiger charge is -2.29. The molecule has 0 aliphatic carbocycles. The van der Waals surface area contributed by atoms with Crippen LogP contribution in [0, 0.1) is 0 Å². The van der Waals surface area contributed by atoms with E-state index in [1.54, 1.807) is 12.1 Å². The molecule has 2 aromatic rings. The molecule has 144 valence electrons. The van der Waals surface area contributed by atoms with E-state index in [4.69, 9.17) is 9.47 Å². The third kappa shape index (κ3) is 4.51. The average Bonchev–Trinajstić information content (AvgIpc) is 2.67. The predicted molar refractivity (Wildman–Crippen MR) is 96.4 cm³/mol. The van der Waals surface area contributed by atoms with Crippen molar-refractivity contribution in [2.75, 3.05) is 38.3 Å². The molecule has 2 aromatic carbocycles. The molecule has 0 radical (unpaired) electrons. The van der Waals surface area contributed by atoms with Crippen LogP contribution >= 0.6 is 0 Å². The molecule has 1 saturated heterocycles. The molecule has 1 aliphatic rings. The van der Waals surface area contributed by atoms with Crippen molar-refractivity contribution in [2.24, 2.45) is 4.99 Å². The number of alkyl halides is 3. The Morgan fingerprint density at radius 1 is 1.15 bits per heavy atom. The Kier molecular flexibility index (Phi) is 5.55. The first-order valence-electron chi connectivity index (χ1n) is 8.33. The molecule has 0 bridgehead atoms. The van der Waals surface area contributed by atoms with Gasteiger partial charge in [-0.05, 0) is 36.4 Å². The highest BCUT2D eigenvalue weighted by atomic mass is 19.4. The van der Waals surface area contributed by atoms with Crippen LogP contribution in [0.2, 0.25) is 0 Å². The fraction of sp³-hybridized carbons (Fsp3) is 0.316. The number of hydrogen-bond acceptors (Lipinski definition) is 5. The normalized spacial score (nSPS) is 15.3. The number of hydrogen-bond donors (Lipinski definition) is 1. The number of aromatic hydroxyl groups is 1. The second-order valence-electron chi connectivity index (χ2n) is 5.98. The summed E-state index contributed by atoms with van der Waals surface area (Å²) >= 11 is 0. The van der Waals surface area contributed by atoms with Gasteiger partial charge in [-0.2, -0.15) is 13.2 Å². The zero-order chi connectivity index (χ0) is 19.4. The number of phenols is 1. The first-order valence-corrected chi connectivity index (χ1v) is 8.33. The molecule has 5 nitrogen and oxygen atoms in total. The van der Waals surface area contributed by atoms with Gasteiger partial charge in [0.2, 0.25) is 0 Å². The Morgan fingerprint density at radius 2 is 1.89 bits per heavy atom. The Balaban J connectivity index is 1.95. The molecule has 0 spiro atoms. The molecule has 8 heteroatoms. The SMILES string of the molecule is COc1ccc(O)c(C=Nc2ccc(N3CCOCC3)cc2C(F)(F)F)c1. The Morgan fingerprint density at radius 3 is 2.56 bits per heavy atom. The van der Waals surface area contributed by atoms with Crippen LogP contribution in [0.15, 0.2) is 41.4 Å². The molecule has 1 aliphatic heterocycles. The summed E-state index contributed by atoms with van der Waals surface area (Å²) in [6.45, 7) is 2.04. The van der Waals surface area contributed by atoms with Crippen molar-refractivity contribution in [3.05, 3.63) is 47.5 Å². The zero-order valence-electron chi connectivity index (χ0n) is 14.7. The predicted octanol–water partition coefficient (Wildman–Crippen LogP) is 4.01. The lowest BCUT2D eigenvalue weighted by atomic mass is 10.1. The number of benzene rings is 2. The molecule has 0 atom stereocenters. The van der Waals surface area contributed by atoms with Gasteiger partial charge >= 0.3 is 6.18 Å². The first-order chi connectivity index (χ1) is 12.9. The molecule has 1 heterocycles. The third-order valence-corrected chi connectivity index (χ3v) is 4.24. The van der Waals surface area contributed by atoms with Crippen molar-refractivity contribution < 1.29 is 27.8 Å². The molecule has 0 unspecified atom stereocenters. The number of methoxy groups -OCH3 is 1. The fourth-order valence-corrected chi connectivity index (χ4v) is 2.78. The number of ether oxygens (including phenoxy) is 2. The van der Waals surface area contributed by atoms with Crippen molar-refractivity contribution in [3.8, 4) is 11.5 Å². The maximum Gasteiger partial charge on any atom is 0.418 e. The van der Waals surface area contributed by atoms with E-state index in [0.29, 0.717) is 37.7 Å². The van der Waals surface area contributed by atoms with Gasteiger partial charge in [-0.15, -0.1) is 0 Å². The number of halogens is 3. The molecule has 1 fully saturated rings.